The van der Waals surface area contributed by atoms with Crippen LogP contribution in [-0.2, 0) is 0 Å². The first-order valence-corrected chi connectivity index (χ1v) is 6.52. The largest absolute Gasteiger partial charge is 0.251 e. The molecule has 0 N–H and O–H groups in total. The van der Waals surface area contributed by atoms with Crippen LogP contribution in [0, 0.1) is 5.92 Å². The van der Waals surface area contributed by atoms with E-state index in [0.717, 1.165) is 5.92 Å². The first-order valence-electron chi connectivity index (χ1n) is 5.58. The van der Waals surface area contributed by atoms with Crippen LogP contribution < -0.4 is 0 Å². The SMILES string of the molecule is CCCCN(CCC)SCC(C)C. The fourth-order valence-electron chi connectivity index (χ4n) is 1.08. The van der Waals surface area contributed by atoms with Gasteiger partial charge in [0.1, 0.15) is 0 Å². The molecule has 0 heterocycles. The number of nitrogens with zero attached hydrogens (tertiary/aromatic N) is 1. The number of unbranched alkanes of at least 4 members (excludes halogenated alkanes) is 1. The highest BCUT2D eigenvalue weighted by atomic mass is 32.2. The fourth-order valence-corrected chi connectivity index (χ4v) is 2.16. The van der Waals surface area contributed by atoms with Crippen LogP contribution in [-0.4, -0.2) is 23.1 Å². The lowest BCUT2D eigenvalue weighted by atomic mass is 10.3. The predicted octanol–water partition coefficient (Wildman–Crippen LogP) is 3.80. The van der Waals surface area contributed by atoms with E-state index in [1.54, 1.807) is 0 Å². The van der Waals surface area contributed by atoms with Crippen LogP contribution in [0.1, 0.15) is 47.0 Å². The zero-order valence-corrected chi connectivity index (χ0v) is 10.5. The molecule has 0 aromatic carbocycles. The minimum Gasteiger partial charge on any atom is -0.251 e. The molecule has 0 rings (SSSR count). The molecular weight excluding hydrogens is 178 g/mol. The maximum atomic E-state index is 2.53. The Hall–Kier alpha value is 0.310. The topological polar surface area (TPSA) is 3.24 Å². The molecule has 0 aromatic heterocycles. The predicted molar refractivity (Wildman–Crippen MR) is 64.1 cm³/mol. The Labute approximate surface area is 88.4 Å². The fraction of sp³-hybridized carbons (Fsp3) is 1.00. The Kier molecular flexibility index (Phi) is 9.10. The Morgan fingerprint density at radius 3 is 2.23 bits per heavy atom. The molecule has 80 valence electrons. The summed E-state index contributed by atoms with van der Waals surface area (Å²) in [5.41, 5.74) is 0. The summed E-state index contributed by atoms with van der Waals surface area (Å²) < 4.78 is 2.53. The van der Waals surface area contributed by atoms with E-state index in [0.29, 0.717) is 0 Å². The van der Waals surface area contributed by atoms with Crippen molar-refractivity contribution in [1.29, 1.82) is 0 Å². The molecule has 0 saturated carbocycles. The summed E-state index contributed by atoms with van der Waals surface area (Å²) in [6, 6.07) is 0. The number of rotatable bonds is 8. The lowest BCUT2D eigenvalue weighted by molar-refractivity contribution is 0.453. The molecule has 0 aliphatic rings. The van der Waals surface area contributed by atoms with Gasteiger partial charge in [-0.15, -0.1) is 0 Å². The van der Waals surface area contributed by atoms with Gasteiger partial charge in [0.2, 0.25) is 0 Å². The molecule has 2 heteroatoms. The zero-order valence-electron chi connectivity index (χ0n) is 9.68. The average molecular weight is 203 g/mol. The second-order valence-corrected chi connectivity index (χ2v) is 5.08. The van der Waals surface area contributed by atoms with Crippen molar-refractivity contribution in [3.8, 4) is 0 Å². The van der Waals surface area contributed by atoms with Crippen LogP contribution in [0.25, 0.3) is 0 Å². The highest BCUT2D eigenvalue weighted by molar-refractivity contribution is 7.97. The first kappa shape index (κ1) is 13.3. The second kappa shape index (κ2) is 8.89. The Morgan fingerprint density at radius 1 is 1.08 bits per heavy atom. The highest BCUT2D eigenvalue weighted by Crippen LogP contribution is 2.15. The van der Waals surface area contributed by atoms with Crippen molar-refractivity contribution in [2.75, 3.05) is 18.8 Å². The van der Waals surface area contributed by atoms with Crippen molar-refractivity contribution >= 4 is 11.9 Å². The van der Waals surface area contributed by atoms with Crippen LogP contribution in [0.5, 0.6) is 0 Å². The van der Waals surface area contributed by atoms with Gasteiger partial charge in [0.25, 0.3) is 0 Å². The summed E-state index contributed by atoms with van der Waals surface area (Å²) in [5, 5.41) is 0. The van der Waals surface area contributed by atoms with Crippen molar-refractivity contribution < 1.29 is 0 Å². The highest BCUT2D eigenvalue weighted by Gasteiger charge is 2.04. The van der Waals surface area contributed by atoms with E-state index in [4.69, 9.17) is 0 Å². The van der Waals surface area contributed by atoms with Gasteiger partial charge in [-0.1, -0.05) is 46.1 Å². The molecule has 0 unspecified atom stereocenters. The monoisotopic (exact) mass is 203 g/mol. The van der Waals surface area contributed by atoms with Crippen molar-refractivity contribution in [3.63, 3.8) is 0 Å². The second-order valence-electron chi connectivity index (χ2n) is 3.97. The van der Waals surface area contributed by atoms with Crippen molar-refractivity contribution in [2.24, 2.45) is 5.92 Å². The maximum absolute atomic E-state index is 2.53. The minimum atomic E-state index is 0.811. The molecule has 0 aromatic rings. The molecule has 0 fully saturated rings. The summed E-state index contributed by atoms with van der Waals surface area (Å²) >= 11 is 2.03. The van der Waals surface area contributed by atoms with Gasteiger partial charge in [-0.2, -0.15) is 0 Å². The first-order chi connectivity index (χ1) is 6.20. The molecule has 13 heavy (non-hydrogen) atoms. The van der Waals surface area contributed by atoms with Crippen molar-refractivity contribution in [1.82, 2.24) is 4.31 Å². The van der Waals surface area contributed by atoms with Gasteiger partial charge >= 0.3 is 0 Å². The van der Waals surface area contributed by atoms with E-state index >= 15 is 0 Å². The third kappa shape index (κ3) is 8.63. The third-order valence-electron chi connectivity index (χ3n) is 1.82. The van der Waals surface area contributed by atoms with E-state index in [2.05, 4.69) is 32.0 Å². The van der Waals surface area contributed by atoms with Gasteiger partial charge < -0.3 is 0 Å². The Bertz CT molecular complexity index is 104. The van der Waals surface area contributed by atoms with E-state index in [-0.39, 0.29) is 0 Å². The van der Waals surface area contributed by atoms with E-state index < -0.39 is 0 Å². The van der Waals surface area contributed by atoms with E-state index in [1.807, 2.05) is 11.9 Å². The summed E-state index contributed by atoms with van der Waals surface area (Å²) in [6.07, 6.45) is 3.92. The number of hydrogen-bond acceptors (Lipinski definition) is 2. The van der Waals surface area contributed by atoms with E-state index in [1.165, 1.54) is 38.1 Å². The Balaban J connectivity index is 3.53. The summed E-state index contributed by atoms with van der Waals surface area (Å²) in [6.45, 7) is 11.6. The molecule has 0 aliphatic heterocycles. The maximum Gasteiger partial charge on any atom is 0.0104 e. The Morgan fingerprint density at radius 2 is 1.77 bits per heavy atom. The van der Waals surface area contributed by atoms with Crippen molar-refractivity contribution in [2.45, 2.75) is 47.0 Å². The molecular formula is C11H25NS. The van der Waals surface area contributed by atoms with Crippen LogP contribution >= 0.6 is 11.9 Å². The summed E-state index contributed by atoms with van der Waals surface area (Å²) in [5.74, 6) is 2.08. The third-order valence-corrected chi connectivity index (χ3v) is 3.37. The van der Waals surface area contributed by atoms with Gasteiger partial charge in [-0.05, 0) is 18.8 Å². The van der Waals surface area contributed by atoms with E-state index in [9.17, 15) is 0 Å². The molecule has 0 bridgehead atoms. The molecule has 0 atom stereocenters. The molecule has 0 radical (unpaired) electrons. The quantitative estimate of drug-likeness (QED) is 0.552. The molecule has 1 nitrogen and oxygen atoms in total. The molecule has 0 amide bonds. The van der Waals surface area contributed by atoms with Gasteiger partial charge in [-0.3, -0.25) is 4.31 Å². The standard InChI is InChI=1S/C11H25NS/c1-5-7-9-12(8-6-2)13-10-11(3)4/h11H,5-10H2,1-4H3. The summed E-state index contributed by atoms with van der Waals surface area (Å²) in [7, 11) is 0. The lowest BCUT2D eigenvalue weighted by Crippen LogP contribution is -2.19. The van der Waals surface area contributed by atoms with Crippen LogP contribution in [0.15, 0.2) is 0 Å². The number of hydrogen-bond donors (Lipinski definition) is 0. The van der Waals surface area contributed by atoms with Crippen LogP contribution in [0.4, 0.5) is 0 Å². The zero-order chi connectivity index (χ0) is 10.1. The van der Waals surface area contributed by atoms with Gasteiger partial charge in [0, 0.05) is 18.8 Å². The lowest BCUT2D eigenvalue weighted by Gasteiger charge is -2.20. The van der Waals surface area contributed by atoms with Crippen molar-refractivity contribution in [3.05, 3.63) is 0 Å². The van der Waals surface area contributed by atoms with Crippen LogP contribution in [0.2, 0.25) is 0 Å². The molecule has 0 spiro atoms. The summed E-state index contributed by atoms with van der Waals surface area (Å²) in [4.78, 5) is 0. The average Bonchev–Trinajstić information content (AvgIpc) is 2.09. The molecule has 0 saturated heterocycles. The van der Waals surface area contributed by atoms with Gasteiger partial charge in [0.05, 0.1) is 0 Å². The smallest absolute Gasteiger partial charge is 0.0104 e. The minimum absolute atomic E-state index is 0.811. The van der Waals surface area contributed by atoms with Gasteiger partial charge in [-0.25, -0.2) is 0 Å². The van der Waals surface area contributed by atoms with Gasteiger partial charge in [0.15, 0.2) is 0 Å². The molecule has 0 aliphatic carbocycles. The normalized spacial score (nSPS) is 11.5. The van der Waals surface area contributed by atoms with Crippen LogP contribution in [0.3, 0.4) is 0 Å².